The Bertz CT molecular complexity index is 974. The highest BCUT2D eigenvalue weighted by Gasteiger charge is 2.55. The molecule has 0 aromatic heterocycles. The fraction of sp³-hybridized carbons (Fsp3) is 0.263. The zero-order chi connectivity index (χ0) is 17.8. The molecule has 5 rings (SSSR count). The second kappa shape index (κ2) is 5.64. The average Bonchev–Trinajstić information content (AvgIpc) is 3.33. The number of nitrogens with zero attached hydrogens (tertiary/aromatic N) is 4. The molecule has 0 unspecified atom stereocenters. The molecular formula is C19H15ClN4O2. The first-order chi connectivity index (χ1) is 12.6. The van der Waals surface area contributed by atoms with E-state index in [0.29, 0.717) is 16.4 Å². The minimum atomic E-state index is -0.827. The number of imide groups is 1. The van der Waals surface area contributed by atoms with Crippen molar-refractivity contribution < 1.29 is 9.59 Å². The Morgan fingerprint density at radius 2 is 1.81 bits per heavy atom. The van der Waals surface area contributed by atoms with Gasteiger partial charge < -0.3 is 0 Å². The number of amides is 2. The molecule has 2 aliphatic heterocycles. The molecule has 0 radical (unpaired) electrons. The van der Waals surface area contributed by atoms with E-state index in [4.69, 9.17) is 11.6 Å². The normalized spacial score (nSPS) is 23.7. The summed E-state index contributed by atoms with van der Waals surface area (Å²) >= 11 is 6.24. The summed E-state index contributed by atoms with van der Waals surface area (Å²) in [5.41, 5.74) is 3.70. The molecule has 2 aromatic carbocycles. The second-order valence-electron chi connectivity index (χ2n) is 6.71. The highest BCUT2D eigenvalue weighted by molar-refractivity contribution is 6.33. The summed E-state index contributed by atoms with van der Waals surface area (Å²) in [6, 6.07) is 11.3. The van der Waals surface area contributed by atoms with Crippen LogP contribution in [0.5, 0.6) is 0 Å². The van der Waals surface area contributed by atoms with Gasteiger partial charge in [0.05, 0.1) is 16.4 Å². The van der Waals surface area contributed by atoms with E-state index in [0.717, 1.165) is 19.3 Å². The van der Waals surface area contributed by atoms with Crippen LogP contribution in [0.4, 0.5) is 11.4 Å². The van der Waals surface area contributed by atoms with Crippen LogP contribution in [0.1, 0.15) is 17.5 Å². The van der Waals surface area contributed by atoms with Crippen molar-refractivity contribution in [3.05, 3.63) is 58.6 Å². The third-order valence-corrected chi connectivity index (χ3v) is 5.54. The molecule has 1 saturated heterocycles. The van der Waals surface area contributed by atoms with Crippen LogP contribution < -0.4 is 9.91 Å². The molecule has 2 heterocycles. The molecule has 0 spiro atoms. The number of anilines is 2. The van der Waals surface area contributed by atoms with Crippen molar-refractivity contribution in [1.82, 2.24) is 0 Å². The topological polar surface area (TPSA) is 65.3 Å². The number of halogens is 1. The van der Waals surface area contributed by atoms with Crippen LogP contribution in [0.15, 0.2) is 52.8 Å². The molecule has 2 aromatic rings. The van der Waals surface area contributed by atoms with Gasteiger partial charge in [-0.2, -0.15) is 5.11 Å². The maximum Gasteiger partial charge on any atom is 0.263 e. The summed E-state index contributed by atoms with van der Waals surface area (Å²) in [5, 5.41) is 10.0. The Kier molecular flexibility index (Phi) is 3.37. The van der Waals surface area contributed by atoms with Gasteiger partial charge in [0.2, 0.25) is 0 Å². The number of fused-ring (bicyclic) bond motifs is 2. The second-order valence-corrected chi connectivity index (χ2v) is 7.12. The van der Waals surface area contributed by atoms with Crippen LogP contribution in [0.25, 0.3) is 0 Å². The van der Waals surface area contributed by atoms with Gasteiger partial charge in [-0.25, -0.2) is 9.91 Å². The third kappa shape index (κ3) is 2.12. The van der Waals surface area contributed by atoms with Crippen molar-refractivity contribution in [1.29, 1.82) is 0 Å². The van der Waals surface area contributed by atoms with E-state index < -0.39 is 12.1 Å². The lowest BCUT2D eigenvalue weighted by Crippen LogP contribution is -2.40. The van der Waals surface area contributed by atoms with Gasteiger partial charge in [0.15, 0.2) is 12.1 Å². The maximum atomic E-state index is 13.1. The third-order valence-electron chi connectivity index (χ3n) is 5.22. The van der Waals surface area contributed by atoms with Crippen LogP contribution in [0.2, 0.25) is 5.02 Å². The molecule has 2 amide bonds. The van der Waals surface area contributed by atoms with Crippen molar-refractivity contribution in [3.8, 4) is 0 Å². The number of benzene rings is 2. The molecule has 0 bridgehead atoms. The lowest BCUT2D eigenvalue weighted by molar-refractivity contribution is -0.121. The van der Waals surface area contributed by atoms with Crippen molar-refractivity contribution in [2.75, 3.05) is 9.91 Å². The summed E-state index contributed by atoms with van der Waals surface area (Å²) in [7, 11) is 0. The van der Waals surface area contributed by atoms with E-state index in [9.17, 15) is 9.59 Å². The van der Waals surface area contributed by atoms with Gasteiger partial charge in [-0.15, -0.1) is 0 Å². The molecular weight excluding hydrogens is 352 g/mol. The van der Waals surface area contributed by atoms with Crippen molar-refractivity contribution >= 4 is 34.8 Å². The van der Waals surface area contributed by atoms with Crippen LogP contribution in [0, 0.1) is 0 Å². The smallest absolute Gasteiger partial charge is 0.263 e. The Balaban J connectivity index is 1.52. The lowest BCUT2D eigenvalue weighted by Gasteiger charge is -2.21. The highest BCUT2D eigenvalue weighted by atomic mass is 35.5. The van der Waals surface area contributed by atoms with Gasteiger partial charge >= 0.3 is 0 Å². The number of rotatable bonds is 2. The highest BCUT2D eigenvalue weighted by Crippen LogP contribution is 2.38. The monoisotopic (exact) mass is 366 g/mol. The number of para-hydroxylation sites is 1. The number of carbonyl (C=O) groups is 2. The molecule has 1 aliphatic carbocycles. The first kappa shape index (κ1) is 15.5. The van der Waals surface area contributed by atoms with Crippen LogP contribution in [0.3, 0.4) is 0 Å². The van der Waals surface area contributed by atoms with E-state index >= 15 is 0 Å². The molecule has 1 fully saturated rings. The molecule has 2 atom stereocenters. The zero-order valence-electron chi connectivity index (χ0n) is 13.8. The van der Waals surface area contributed by atoms with Gasteiger partial charge in [0.1, 0.15) is 0 Å². The minimum absolute atomic E-state index is 0.317. The van der Waals surface area contributed by atoms with E-state index in [-0.39, 0.29) is 11.8 Å². The van der Waals surface area contributed by atoms with E-state index in [1.165, 1.54) is 21.0 Å². The average molecular weight is 367 g/mol. The van der Waals surface area contributed by atoms with E-state index in [1.54, 1.807) is 18.2 Å². The number of carbonyl (C=O) groups excluding carboxylic acids is 2. The minimum Gasteiger partial charge on any atom is -0.271 e. The quantitative estimate of drug-likeness (QED) is 0.766. The summed E-state index contributed by atoms with van der Waals surface area (Å²) in [5.74, 6) is -0.654. The standard InChI is InChI=1S/C19H15ClN4O2/c20-14-6-1-2-7-15(14)24-17-16(21-22-24)18(25)23(19(17)26)13-9-8-11-4-3-5-12(11)10-13/h1-2,6-10,16-17H,3-5H2/t16-,17+/m1/s1. The predicted octanol–water partition coefficient (Wildman–Crippen LogP) is 3.33. The number of hydrogen-bond acceptors (Lipinski definition) is 5. The SMILES string of the molecule is O=C1[C@@H]2[C@@H](N=NN2c2ccccc2Cl)C(=O)N1c1ccc2c(c1)CCC2. The Morgan fingerprint density at radius 3 is 2.65 bits per heavy atom. The molecule has 3 aliphatic rings. The summed E-state index contributed by atoms with van der Waals surface area (Å²) in [6.07, 6.45) is 3.15. The molecule has 130 valence electrons. The van der Waals surface area contributed by atoms with Gasteiger partial charge in [-0.3, -0.25) is 9.59 Å². The molecule has 0 N–H and O–H groups in total. The van der Waals surface area contributed by atoms with Gasteiger partial charge in [-0.1, -0.05) is 35.0 Å². The van der Waals surface area contributed by atoms with Gasteiger partial charge in [0.25, 0.3) is 11.8 Å². The Labute approximate surface area is 155 Å². The Morgan fingerprint density at radius 1 is 1.00 bits per heavy atom. The first-order valence-electron chi connectivity index (χ1n) is 8.59. The largest absolute Gasteiger partial charge is 0.271 e. The lowest BCUT2D eigenvalue weighted by atomic mass is 10.1. The summed E-state index contributed by atoms with van der Waals surface area (Å²) < 4.78 is 0. The summed E-state index contributed by atoms with van der Waals surface area (Å²) in [6.45, 7) is 0. The molecule has 6 nitrogen and oxygen atoms in total. The van der Waals surface area contributed by atoms with Crippen molar-refractivity contribution in [2.24, 2.45) is 10.3 Å². The van der Waals surface area contributed by atoms with Crippen molar-refractivity contribution in [3.63, 3.8) is 0 Å². The predicted molar refractivity (Wildman–Crippen MR) is 97.3 cm³/mol. The van der Waals surface area contributed by atoms with Crippen LogP contribution in [-0.2, 0) is 22.4 Å². The maximum absolute atomic E-state index is 13.1. The van der Waals surface area contributed by atoms with Crippen molar-refractivity contribution in [2.45, 2.75) is 31.3 Å². The van der Waals surface area contributed by atoms with E-state index in [1.807, 2.05) is 24.3 Å². The first-order valence-corrected chi connectivity index (χ1v) is 8.97. The van der Waals surface area contributed by atoms with E-state index in [2.05, 4.69) is 10.3 Å². The Hall–Kier alpha value is -2.73. The summed E-state index contributed by atoms with van der Waals surface area (Å²) in [4.78, 5) is 27.2. The van der Waals surface area contributed by atoms with Gasteiger partial charge in [-0.05, 0) is 54.7 Å². The molecule has 7 heteroatoms. The van der Waals surface area contributed by atoms with Crippen LogP contribution >= 0.6 is 11.6 Å². The van der Waals surface area contributed by atoms with Crippen LogP contribution in [-0.4, -0.2) is 23.9 Å². The zero-order valence-corrected chi connectivity index (χ0v) is 14.6. The fourth-order valence-electron chi connectivity index (χ4n) is 3.95. The fourth-order valence-corrected chi connectivity index (χ4v) is 4.17. The molecule has 26 heavy (non-hydrogen) atoms. The molecule has 0 saturated carbocycles. The number of hydrogen-bond donors (Lipinski definition) is 0. The number of aryl methyl sites for hydroxylation is 2. The van der Waals surface area contributed by atoms with Gasteiger partial charge in [0, 0.05) is 0 Å².